The van der Waals surface area contributed by atoms with Gasteiger partial charge in [-0.15, -0.1) is 5.10 Å². The summed E-state index contributed by atoms with van der Waals surface area (Å²) in [5.41, 5.74) is 1.09. The molecule has 5 heteroatoms. The van der Waals surface area contributed by atoms with E-state index in [4.69, 9.17) is 9.47 Å². The topological polar surface area (TPSA) is 56.3 Å². The molecule has 1 aliphatic heterocycles. The molecule has 1 aromatic rings. The van der Waals surface area contributed by atoms with Crippen molar-refractivity contribution < 1.29 is 9.47 Å². The van der Waals surface area contributed by atoms with Gasteiger partial charge in [-0.05, 0) is 18.6 Å². The number of nitrogens with one attached hydrogen (secondary N) is 1. The predicted octanol–water partition coefficient (Wildman–Crippen LogP) is 0.612. The molecule has 1 fully saturated rings. The van der Waals surface area contributed by atoms with Gasteiger partial charge in [-0.2, -0.15) is 5.10 Å². The Bertz CT molecular complexity index is 313. The maximum absolute atomic E-state index is 5.49. The molecule has 0 aromatic carbocycles. The molecule has 1 N–H and O–H groups in total. The molecule has 1 atom stereocenters. The Morgan fingerprint density at radius 3 is 3.20 bits per heavy atom. The highest BCUT2D eigenvalue weighted by Gasteiger charge is 2.13. The monoisotopic (exact) mass is 209 g/mol. The minimum atomic E-state index is 0.112. The quantitative estimate of drug-likeness (QED) is 0.790. The molecule has 2 heterocycles. The zero-order valence-corrected chi connectivity index (χ0v) is 8.77. The van der Waals surface area contributed by atoms with E-state index in [2.05, 4.69) is 15.5 Å². The van der Waals surface area contributed by atoms with Crippen molar-refractivity contribution in [2.24, 2.45) is 0 Å². The summed E-state index contributed by atoms with van der Waals surface area (Å²) in [6.45, 7) is 4.71. The van der Waals surface area contributed by atoms with Crippen molar-refractivity contribution in [2.75, 3.05) is 31.7 Å². The normalized spacial score (nSPS) is 21.3. The minimum absolute atomic E-state index is 0.112. The maximum Gasteiger partial charge on any atom is 0.148 e. The summed E-state index contributed by atoms with van der Waals surface area (Å²) in [4.78, 5) is 0. The van der Waals surface area contributed by atoms with Crippen molar-refractivity contribution in [1.29, 1.82) is 0 Å². The molecule has 1 aliphatic rings. The molecular formula is C10H15N3O2. The molecule has 1 saturated heterocycles. The number of rotatable bonds is 3. The van der Waals surface area contributed by atoms with Gasteiger partial charge < -0.3 is 14.8 Å². The highest BCUT2D eigenvalue weighted by Crippen LogP contribution is 2.05. The number of aryl methyl sites for hydroxylation is 1. The van der Waals surface area contributed by atoms with Gasteiger partial charge in [0.05, 0.1) is 32.1 Å². The van der Waals surface area contributed by atoms with Crippen LogP contribution >= 0.6 is 0 Å². The van der Waals surface area contributed by atoms with Crippen LogP contribution in [0, 0.1) is 6.92 Å². The van der Waals surface area contributed by atoms with Crippen LogP contribution < -0.4 is 5.32 Å². The average molecular weight is 209 g/mol. The van der Waals surface area contributed by atoms with Gasteiger partial charge in [-0.25, -0.2) is 0 Å². The van der Waals surface area contributed by atoms with Crippen LogP contribution in [-0.4, -0.2) is 42.7 Å². The Balaban J connectivity index is 1.81. The van der Waals surface area contributed by atoms with E-state index < -0.39 is 0 Å². The summed E-state index contributed by atoms with van der Waals surface area (Å²) in [5.74, 6) is 0.782. The van der Waals surface area contributed by atoms with E-state index in [9.17, 15) is 0 Å². The number of ether oxygens (including phenoxy) is 2. The lowest BCUT2D eigenvalue weighted by atomic mass is 10.3. The number of anilines is 1. The molecule has 15 heavy (non-hydrogen) atoms. The van der Waals surface area contributed by atoms with Crippen LogP contribution in [0.15, 0.2) is 12.3 Å². The fourth-order valence-corrected chi connectivity index (χ4v) is 1.42. The lowest BCUT2D eigenvalue weighted by Gasteiger charge is -2.23. The SMILES string of the molecule is Cc1cnnc(NCC2COCCO2)c1. The Kier molecular flexibility index (Phi) is 3.47. The first-order chi connectivity index (χ1) is 7.34. The average Bonchev–Trinajstić information content (AvgIpc) is 2.28. The van der Waals surface area contributed by atoms with Crippen LogP contribution in [-0.2, 0) is 9.47 Å². The van der Waals surface area contributed by atoms with Crippen LogP contribution in [0.5, 0.6) is 0 Å². The van der Waals surface area contributed by atoms with E-state index in [0.29, 0.717) is 26.4 Å². The first-order valence-corrected chi connectivity index (χ1v) is 5.07. The molecule has 82 valence electrons. The Labute approximate surface area is 88.8 Å². The van der Waals surface area contributed by atoms with Crippen LogP contribution in [0.2, 0.25) is 0 Å². The second kappa shape index (κ2) is 5.04. The molecule has 0 saturated carbocycles. The Morgan fingerprint density at radius 1 is 1.53 bits per heavy atom. The van der Waals surface area contributed by atoms with Gasteiger partial charge in [0.1, 0.15) is 5.82 Å². The van der Waals surface area contributed by atoms with Gasteiger partial charge in [0.2, 0.25) is 0 Å². The highest BCUT2D eigenvalue weighted by atomic mass is 16.6. The summed E-state index contributed by atoms with van der Waals surface area (Å²) >= 11 is 0. The molecule has 0 amide bonds. The molecule has 0 bridgehead atoms. The van der Waals surface area contributed by atoms with Gasteiger partial charge in [-0.1, -0.05) is 0 Å². The third-order valence-corrected chi connectivity index (χ3v) is 2.19. The third kappa shape index (κ3) is 3.14. The van der Waals surface area contributed by atoms with E-state index in [0.717, 1.165) is 11.4 Å². The largest absolute Gasteiger partial charge is 0.376 e. The molecule has 5 nitrogen and oxygen atoms in total. The van der Waals surface area contributed by atoms with Gasteiger partial charge in [0.15, 0.2) is 0 Å². The summed E-state index contributed by atoms with van der Waals surface area (Å²) in [6, 6.07) is 1.96. The molecule has 1 unspecified atom stereocenters. The van der Waals surface area contributed by atoms with E-state index in [1.54, 1.807) is 6.20 Å². The van der Waals surface area contributed by atoms with Crippen molar-refractivity contribution >= 4 is 5.82 Å². The lowest BCUT2D eigenvalue weighted by Crippen LogP contribution is -2.34. The third-order valence-electron chi connectivity index (χ3n) is 2.19. The van der Waals surface area contributed by atoms with Crippen LogP contribution in [0.4, 0.5) is 5.82 Å². The smallest absolute Gasteiger partial charge is 0.148 e. The summed E-state index contributed by atoms with van der Waals surface area (Å²) < 4.78 is 10.8. The van der Waals surface area contributed by atoms with Gasteiger partial charge in [-0.3, -0.25) is 0 Å². The number of aromatic nitrogens is 2. The Hall–Kier alpha value is -1.20. The highest BCUT2D eigenvalue weighted by molar-refractivity contribution is 5.35. The predicted molar refractivity (Wildman–Crippen MR) is 55.8 cm³/mol. The lowest BCUT2D eigenvalue weighted by molar-refractivity contribution is -0.0819. The van der Waals surface area contributed by atoms with Gasteiger partial charge in [0, 0.05) is 6.54 Å². The zero-order chi connectivity index (χ0) is 10.5. The van der Waals surface area contributed by atoms with Crippen LogP contribution in [0.25, 0.3) is 0 Å². The molecule has 0 radical (unpaired) electrons. The summed E-state index contributed by atoms with van der Waals surface area (Å²) in [5, 5.41) is 11.0. The molecule has 1 aromatic heterocycles. The molecular weight excluding hydrogens is 194 g/mol. The van der Waals surface area contributed by atoms with Crippen molar-refractivity contribution in [1.82, 2.24) is 10.2 Å². The second-order valence-electron chi connectivity index (χ2n) is 3.57. The standard InChI is InChI=1S/C10H15N3O2/c1-8-4-10(13-12-5-8)11-6-9-7-14-2-3-15-9/h4-5,9H,2-3,6-7H2,1H3,(H,11,13). The Morgan fingerprint density at radius 2 is 2.47 bits per heavy atom. The summed E-state index contributed by atoms with van der Waals surface area (Å²) in [7, 11) is 0. The second-order valence-corrected chi connectivity index (χ2v) is 3.57. The van der Waals surface area contributed by atoms with Crippen molar-refractivity contribution in [2.45, 2.75) is 13.0 Å². The molecule has 0 spiro atoms. The number of nitrogens with zero attached hydrogens (tertiary/aromatic N) is 2. The molecule has 0 aliphatic carbocycles. The fraction of sp³-hybridized carbons (Fsp3) is 0.600. The maximum atomic E-state index is 5.49. The number of hydrogen-bond donors (Lipinski definition) is 1. The van der Waals surface area contributed by atoms with Gasteiger partial charge in [0.25, 0.3) is 0 Å². The van der Waals surface area contributed by atoms with Crippen LogP contribution in [0.3, 0.4) is 0 Å². The van der Waals surface area contributed by atoms with Crippen molar-refractivity contribution in [3.05, 3.63) is 17.8 Å². The van der Waals surface area contributed by atoms with E-state index >= 15 is 0 Å². The zero-order valence-electron chi connectivity index (χ0n) is 8.77. The van der Waals surface area contributed by atoms with E-state index in [-0.39, 0.29) is 6.10 Å². The van der Waals surface area contributed by atoms with E-state index in [1.807, 2.05) is 13.0 Å². The number of hydrogen-bond acceptors (Lipinski definition) is 5. The van der Waals surface area contributed by atoms with Crippen molar-refractivity contribution in [3.8, 4) is 0 Å². The minimum Gasteiger partial charge on any atom is -0.376 e. The molecule has 2 rings (SSSR count). The van der Waals surface area contributed by atoms with Crippen LogP contribution in [0.1, 0.15) is 5.56 Å². The summed E-state index contributed by atoms with van der Waals surface area (Å²) in [6.07, 6.45) is 1.84. The van der Waals surface area contributed by atoms with Gasteiger partial charge >= 0.3 is 0 Å². The van der Waals surface area contributed by atoms with E-state index in [1.165, 1.54) is 0 Å². The van der Waals surface area contributed by atoms with Crippen molar-refractivity contribution in [3.63, 3.8) is 0 Å². The first-order valence-electron chi connectivity index (χ1n) is 5.07. The first kappa shape index (κ1) is 10.3. The fourth-order valence-electron chi connectivity index (χ4n) is 1.42.